The van der Waals surface area contributed by atoms with Crippen LogP contribution in [-0.4, -0.2) is 46.8 Å². The predicted octanol–water partition coefficient (Wildman–Crippen LogP) is 0.684. The molecule has 2 aromatic rings. The number of hydrogen-bond donors (Lipinski definition) is 6. The van der Waals surface area contributed by atoms with E-state index < -0.39 is 25.8 Å². The Morgan fingerprint density at radius 2 is 2.07 bits per heavy atom. The summed E-state index contributed by atoms with van der Waals surface area (Å²) in [5.41, 5.74) is 5.66. The smallest absolute Gasteiger partial charge is 0.344 e. The third-order valence-electron chi connectivity index (χ3n) is 3.65. The van der Waals surface area contributed by atoms with Gasteiger partial charge in [-0.15, -0.1) is 0 Å². The second-order valence-electron chi connectivity index (χ2n) is 5.39. The van der Waals surface area contributed by atoms with E-state index in [9.17, 15) is 14.6 Å². The Balaban J connectivity index is 1.54. The normalized spacial score (nSPS) is 22.6. The van der Waals surface area contributed by atoms with E-state index in [1.807, 2.05) is 0 Å². The van der Waals surface area contributed by atoms with Crippen molar-refractivity contribution in [1.82, 2.24) is 14.5 Å². The van der Waals surface area contributed by atoms with Crippen molar-refractivity contribution in [3.63, 3.8) is 0 Å². The summed E-state index contributed by atoms with van der Waals surface area (Å²) >= 11 is 0. The molecule has 1 aliphatic rings. The van der Waals surface area contributed by atoms with Gasteiger partial charge in [0, 0.05) is 6.20 Å². The Bertz CT molecular complexity index is 833. The highest BCUT2D eigenvalue weighted by Gasteiger charge is 2.29. The lowest BCUT2D eigenvalue weighted by atomic mass is 10.2. The summed E-state index contributed by atoms with van der Waals surface area (Å²) in [4.78, 5) is 54.3. The van der Waals surface area contributed by atoms with Gasteiger partial charge in [-0.2, -0.15) is 4.98 Å². The van der Waals surface area contributed by atoms with Crippen LogP contribution in [0.5, 0.6) is 0 Å². The van der Waals surface area contributed by atoms with Crippen LogP contribution in [0.4, 0.5) is 5.95 Å². The van der Waals surface area contributed by atoms with Crippen molar-refractivity contribution >= 4 is 42.8 Å². The number of H-pyrrole nitrogens is 1. The van der Waals surface area contributed by atoms with E-state index in [1.54, 1.807) is 16.8 Å². The molecule has 150 valence electrons. The molecule has 2 aromatic heterocycles. The van der Waals surface area contributed by atoms with Crippen LogP contribution in [0.15, 0.2) is 17.1 Å². The standard InChI is InChI=1S/C11H17N4O9P3/c12-11-13-9-7(10(16)14-11)3-4-15(9)8-2-1-6(22-8)5-21-26(19)24-27(20)23-25(17)18/h3-4,6,8,17-20H,1-2,5H2,(H3,12,13,14,16). The predicted molar refractivity (Wildman–Crippen MR) is 95.7 cm³/mol. The van der Waals surface area contributed by atoms with Gasteiger partial charge in [-0.25, -0.2) is 8.62 Å². The lowest BCUT2D eigenvalue weighted by Crippen LogP contribution is -2.17. The maximum atomic E-state index is 11.9. The molecular formula is C11H17N4O9P3. The van der Waals surface area contributed by atoms with E-state index in [-0.39, 0.29) is 30.4 Å². The first kappa shape index (κ1) is 20.9. The number of nitrogens with zero attached hydrogens (tertiary/aromatic N) is 2. The molecule has 4 unspecified atom stereocenters. The first-order valence-electron chi connectivity index (χ1n) is 7.50. The second kappa shape index (κ2) is 9.13. The van der Waals surface area contributed by atoms with Crippen LogP contribution in [0.25, 0.3) is 11.0 Å². The average molecular weight is 442 g/mol. The Labute approximate surface area is 155 Å². The van der Waals surface area contributed by atoms with Crippen molar-refractivity contribution < 1.29 is 37.5 Å². The molecule has 0 aromatic carbocycles. The summed E-state index contributed by atoms with van der Waals surface area (Å²) in [7, 11) is -7.95. The minimum atomic E-state index is -2.80. The van der Waals surface area contributed by atoms with Gasteiger partial charge in [-0.05, 0) is 18.9 Å². The van der Waals surface area contributed by atoms with E-state index in [0.29, 0.717) is 23.9 Å². The van der Waals surface area contributed by atoms with Crippen LogP contribution in [0.2, 0.25) is 0 Å². The summed E-state index contributed by atoms with van der Waals surface area (Å²) < 4.78 is 21.4. The van der Waals surface area contributed by atoms with Crippen molar-refractivity contribution in [2.75, 3.05) is 12.3 Å². The summed E-state index contributed by atoms with van der Waals surface area (Å²) in [6.07, 6.45) is 2.15. The Morgan fingerprint density at radius 3 is 2.81 bits per heavy atom. The number of nitrogen functional groups attached to an aromatic ring is 1. The first-order valence-corrected chi connectivity index (χ1v) is 10.9. The molecule has 1 aliphatic heterocycles. The first-order chi connectivity index (χ1) is 12.8. The molecule has 1 fully saturated rings. The van der Waals surface area contributed by atoms with E-state index in [2.05, 4.69) is 18.6 Å². The Hall–Kier alpha value is -0.810. The van der Waals surface area contributed by atoms with Crippen molar-refractivity contribution in [2.24, 2.45) is 0 Å². The zero-order chi connectivity index (χ0) is 19.6. The van der Waals surface area contributed by atoms with Gasteiger partial charge in [0.05, 0.1) is 18.1 Å². The molecule has 0 radical (unpaired) electrons. The SMILES string of the molecule is Nc1nc2c(ccn2C2CCC(COP(O)OP(O)OP(O)O)O2)c(=O)[nH]1. The third kappa shape index (κ3) is 5.38. The number of rotatable bonds is 8. The second-order valence-corrected chi connectivity index (χ2v) is 8.41. The molecule has 16 heteroatoms. The third-order valence-corrected chi connectivity index (χ3v) is 6.28. The molecule has 0 bridgehead atoms. The largest absolute Gasteiger partial charge is 0.369 e. The van der Waals surface area contributed by atoms with Crippen molar-refractivity contribution in [2.45, 2.75) is 25.2 Å². The molecule has 4 atom stereocenters. The van der Waals surface area contributed by atoms with Gasteiger partial charge in [-0.1, -0.05) is 0 Å². The average Bonchev–Trinajstić information content (AvgIpc) is 3.18. The lowest BCUT2D eigenvalue weighted by Gasteiger charge is -2.18. The number of anilines is 1. The maximum Gasteiger partial charge on any atom is 0.344 e. The lowest BCUT2D eigenvalue weighted by molar-refractivity contribution is -0.0171. The number of nitrogens with two attached hydrogens (primary N) is 1. The highest BCUT2D eigenvalue weighted by Crippen LogP contribution is 2.55. The fraction of sp³-hybridized carbons (Fsp3) is 0.455. The van der Waals surface area contributed by atoms with Gasteiger partial charge < -0.3 is 39.1 Å². The number of fused-ring (bicyclic) bond motifs is 1. The molecule has 7 N–H and O–H groups in total. The fourth-order valence-electron chi connectivity index (χ4n) is 2.61. The molecule has 0 aliphatic carbocycles. The van der Waals surface area contributed by atoms with Gasteiger partial charge in [0.25, 0.3) is 5.56 Å². The molecule has 27 heavy (non-hydrogen) atoms. The summed E-state index contributed by atoms with van der Waals surface area (Å²) in [5, 5.41) is 0.392. The van der Waals surface area contributed by atoms with Crippen molar-refractivity contribution in [3.8, 4) is 0 Å². The van der Waals surface area contributed by atoms with Crippen LogP contribution >= 0.6 is 25.8 Å². The highest BCUT2D eigenvalue weighted by atomic mass is 31.3. The molecule has 0 amide bonds. The maximum absolute atomic E-state index is 11.9. The van der Waals surface area contributed by atoms with Gasteiger partial charge in [-0.3, -0.25) is 9.78 Å². The number of ether oxygens (including phenoxy) is 1. The minimum absolute atomic E-state index is 0.00514. The van der Waals surface area contributed by atoms with Gasteiger partial charge in [0.2, 0.25) is 5.95 Å². The fourth-order valence-corrected chi connectivity index (χ4v) is 4.46. The van der Waals surface area contributed by atoms with E-state index in [0.717, 1.165) is 0 Å². The monoisotopic (exact) mass is 442 g/mol. The van der Waals surface area contributed by atoms with Crippen molar-refractivity contribution in [1.29, 1.82) is 0 Å². The van der Waals surface area contributed by atoms with Crippen molar-refractivity contribution in [3.05, 3.63) is 22.6 Å². The van der Waals surface area contributed by atoms with Crippen LogP contribution in [0.1, 0.15) is 19.1 Å². The zero-order valence-corrected chi connectivity index (χ0v) is 16.3. The molecule has 13 nitrogen and oxygen atoms in total. The van der Waals surface area contributed by atoms with Crippen LogP contribution in [0.3, 0.4) is 0 Å². The topological polar surface area (TPSA) is 195 Å². The number of hydrogen-bond acceptors (Lipinski definition) is 11. The molecule has 1 saturated heterocycles. The zero-order valence-electron chi connectivity index (χ0n) is 13.6. The Morgan fingerprint density at radius 1 is 1.30 bits per heavy atom. The van der Waals surface area contributed by atoms with Gasteiger partial charge in [0.1, 0.15) is 6.23 Å². The van der Waals surface area contributed by atoms with Gasteiger partial charge >= 0.3 is 25.8 Å². The summed E-state index contributed by atoms with van der Waals surface area (Å²) in [6.45, 7) is -0.0236. The Kier molecular flexibility index (Phi) is 7.07. The number of aromatic amines is 1. The van der Waals surface area contributed by atoms with Crippen LogP contribution in [0, 0.1) is 0 Å². The van der Waals surface area contributed by atoms with E-state index in [1.165, 1.54) is 0 Å². The van der Waals surface area contributed by atoms with Crippen LogP contribution < -0.4 is 11.3 Å². The highest BCUT2D eigenvalue weighted by molar-refractivity contribution is 7.60. The van der Waals surface area contributed by atoms with E-state index >= 15 is 0 Å². The molecule has 3 rings (SSSR count). The minimum Gasteiger partial charge on any atom is -0.369 e. The molecule has 3 heterocycles. The van der Waals surface area contributed by atoms with Gasteiger partial charge in [0.15, 0.2) is 5.65 Å². The molecule has 0 saturated carbocycles. The quantitative estimate of drug-likeness (QED) is 0.315. The number of nitrogens with one attached hydrogen (secondary N) is 1. The summed E-state index contributed by atoms with van der Waals surface area (Å²) in [5.74, 6) is 0.00514. The molecular weight excluding hydrogens is 425 g/mol. The number of aromatic nitrogens is 3. The van der Waals surface area contributed by atoms with Crippen LogP contribution in [-0.2, 0) is 17.9 Å². The van der Waals surface area contributed by atoms with E-state index in [4.69, 9.17) is 24.8 Å². The molecule has 0 spiro atoms. The summed E-state index contributed by atoms with van der Waals surface area (Å²) in [6, 6.07) is 1.62.